The van der Waals surface area contributed by atoms with Crippen molar-refractivity contribution in [1.82, 2.24) is 9.97 Å². The SMILES string of the molecule is COc1cc2nc3c(c(NC4CCCCC4)c2nc1OC)CCC3. The van der Waals surface area contributed by atoms with Crippen LogP contribution in [0.3, 0.4) is 0 Å². The minimum absolute atomic E-state index is 0.524. The van der Waals surface area contributed by atoms with Crippen LogP contribution < -0.4 is 14.8 Å². The lowest BCUT2D eigenvalue weighted by atomic mass is 9.95. The van der Waals surface area contributed by atoms with Crippen molar-refractivity contribution in [3.8, 4) is 11.6 Å². The van der Waals surface area contributed by atoms with Gasteiger partial charge in [0, 0.05) is 17.8 Å². The van der Waals surface area contributed by atoms with E-state index in [4.69, 9.17) is 19.4 Å². The highest BCUT2D eigenvalue weighted by molar-refractivity contribution is 5.92. The highest BCUT2D eigenvalue weighted by atomic mass is 16.5. The second kappa shape index (κ2) is 6.46. The molecule has 128 valence electrons. The lowest BCUT2D eigenvalue weighted by molar-refractivity contribution is 0.344. The van der Waals surface area contributed by atoms with Crippen molar-refractivity contribution in [2.75, 3.05) is 19.5 Å². The molecular formula is C19H25N3O2. The van der Waals surface area contributed by atoms with Gasteiger partial charge in [-0.1, -0.05) is 19.3 Å². The highest BCUT2D eigenvalue weighted by Gasteiger charge is 2.24. The van der Waals surface area contributed by atoms with Crippen molar-refractivity contribution in [2.45, 2.75) is 57.4 Å². The molecule has 4 rings (SSSR count). The third-order valence-electron chi connectivity index (χ3n) is 5.28. The Morgan fingerprint density at radius 1 is 1.00 bits per heavy atom. The van der Waals surface area contributed by atoms with Gasteiger partial charge in [-0.15, -0.1) is 0 Å². The molecule has 1 fully saturated rings. The number of hydrogen-bond donors (Lipinski definition) is 1. The Hall–Kier alpha value is -2.04. The predicted molar refractivity (Wildman–Crippen MR) is 95.2 cm³/mol. The number of pyridine rings is 2. The third-order valence-corrected chi connectivity index (χ3v) is 5.28. The number of methoxy groups -OCH3 is 2. The molecule has 0 amide bonds. The first-order valence-corrected chi connectivity index (χ1v) is 9.01. The number of nitrogens with zero attached hydrogens (tertiary/aromatic N) is 2. The van der Waals surface area contributed by atoms with Gasteiger partial charge in [0.1, 0.15) is 5.52 Å². The Balaban J connectivity index is 1.85. The quantitative estimate of drug-likeness (QED) is 0.923. The van der Waals surface area contributed by atoms with Crippen LogP contribution in [-0.4, -0.2) is 30.2 Å². The zero-order valence-corrected chi connectivity index (χ0v) is 14.5. The predicted octanol–water partition coefficient (Wildman–Crippen LogP) is 3.88. The summed E-state index contributed by atoms with van der Waals surface area (Å²) >= 11 is 0. The fourth-order valence-electron chi connectivity index (χ4n) is 4.05. The molecule has 2 aromatic heterocycles. The van der Waals surface area contributed by atoms with Gasteiger partial charge in [-0.3, -0.25) is 4.98 Å². The molecule has 24 heavy (non-hydrogen) atoms. The Morgan fingerprint density at radius 2 is 1.83 bits per heavy atom. The number of rotatable bonds is 4. The lowest BCUT2D eigenvalue weighted by Gasteiger charge is -2.26. The van der Waals surface area contributed by atoms with Gasteiger partial charge in [0.05, 0.1) is 25.4 Å². The standard InChI is InChI=1S/C19H25N3O2/c1-23-16-11-15-18(22-19(16)24-2)17(13-9-6-10-14(13)21-15)20-12-7-4-3-5-8-12/h11-12H,3-10H2,1-2H3,(H,20,21). The molecule has 0 radical (unpaired) electrons. The van der Waals surface area contributed by atoms with Crippen molar-refractivity contribution < 1.29 is 9.47 Å². The van der Waals surface area contributed by atoms with Crippen molar-refractivity contribution in [1.29, 1.82) is 0 Å². The fraction of sp³-hybridized carbons (Fsp3) is 0.579. The average Bonchev–Trinajstić information content (AvgIpc) is 3.09. The number of aromatic nitrogens is 2. The van der Waals surface area contributed by atoms with E-state index in [1.165, 1.54) is 55.5 Å². The van der Waals surface area contributed by atoms with E-state index in [0.717, 1.165) is 23.9 Å². The van der Waals surface area contributed by atoms with Crippen LogP contribution in [0.25, 0.3) is 11.0 Å². The number of ether oxygens (including phenoxy) is 2. The first-order valence-electron chi connectivity index (χ1n) is 9.01. The second-order valence-electron chi connectivity index (χ2n) is 6.81. The fourth-order valence-corrected chi connectivity index (χ4v) is 4.05. The monoisotopic (exact) mass is 327 g/mol. The maximum absolute atomic E-state index is 5.42. The molecule has 1 N–H and O–H groups in total. The molecule has 2 heterocycles. The van der Waals surface area contributed by atoms with E-state index in [2.05, 4.69) is 5.32 Å². The van der Waals surface area contributed by atoms with Crippen LogP contribution in [0.4, 0.5) is 5.69 Å². The molecule has 0 aromatic carbocycles. The Kier molecular flexibility index (Phi) is 4.17. The Bertz CT molecular complexity index is 754. The van der Waals surface area contributed by atoms with E-state index in [1.54, 1.807) is 14.2 Å². The maximum Gasteiger partial charge on any atom is 0.257 e. The number of aryl methyl sites for hydroxylation is 1. The summed E-state index contributed by atoms with van der Waals surface area (Å²) in [6.07, 6.45) is 9.78. The molecule has 2 aliphatic carbocycles. The van der Waals surface area contributed by atoms with Crippen LogP contribution in [0.15, 0.2) is 6.07 Å². The first-order chi connectivity index (χ1) is 11.8. The summed E-state index contributed by atoms with van der Waals surface area (Å²) in [6, 6.07) is 2.50. The number of hydrogen-bond acceptors (Lipinski definition) is 5. The molecule has 2 aliphatic rings. The van der Waals surface area contributed by atoms with E-state index in [-0.39, 0.29) is 0 Å². The topological polar surface area (TPSA) is 56.3 Å². The third kappa shape index (κ3) is 2.66. The molecular weight excluding hydrogens is 302 g/mol. The molecule has 0 aliphatic heterocycles. The zero-order valence-electron chi connectivity index (χ0n) is 14.5. The summed E-state index contributed by atoms with van der Waals surface area (Å²) in [5.74, 6) is 1.16. The van der Waals surface area contributed by atoms with Crippen LogP contribution in [0.5, 0.6) is 11.6 Å². The van der Waals surface area contributed by atoms with Crippen LogP contribution in [0.1, 0.15) is 49.8 Å². The minimum atomic E-state index is 0.524. The van der Waals surface area contributed by atoms with Gasteiger partial charge >= 0.3 is 0 Å². The van der Waals surface area contributed by atoms with Crippen LogP contribution in [0, 0.1) is 0 Å². The summed E-state index contributed by atoms with van der Waals surface area (Å²) < 4.78 is 10.8. The second-order valence-corrected chi connectivity index (χ2v) is 6.81. The van der Waals surface area contributed by atoms with Crippen LogP contribution in [0.2, 0.25) is 0 Å². The summed E-state index contributed by atoms with van der Waals surface area (Å²) in [4.78, 5) is 9.59. The van der Waals surface area contributed by atoms with Crippen molar-refractivity contribution in [3.05, 3.63) is 17.3 Å². The summed E-state index contributed by atoms with van der Waals surface area (Å²) in [6.45, 7) is 0. The molecule has 5 nitrogen and oxygen atoms in total. The van der Waals surface area contributed by atoms with Gasteiger partial charge in [-0.25, -0.2) is 4.98 Å². The number of fused-ring (bicyclic) bond motifs is 2. The summed E-state index contributed by atoms with van der Waals surface area (Å²) in [5.41, 5.74) is 5.56. The van der Waals surface area contributed by atoms with Crippen molar-refractivity contribution >= 4 is 16.7 Å². The minimum Gasteiger partial charge on any atom is -0.491 e. The summed E-state index contributed by atoms with van der Waals surface area (Å²) in [5, 5.41) is 3.81. The molecule has 0 unspecified atom stereocenters. The largest absolute Gasteiger partial charge is 0.491 e. The van der Waals surface area contributed by atoms with Crippen molar-refractivity contribution in [2.24, 2.45) is 0 Å². The van der Waals surface area contributed by atoms with Gasteiger partial charge in [0.25, 0.3) is 5.88 Å². The van der Waals surface area contributed by atoms with Crippen molar-refractivity contribution in [3.63, 3.8) is 0 Å². The van der Waals surface area contributed by atoms with Crippen LogP contribution in [-0.2, 0) is 12.8 Å². The lowest BCUT2D eigenvalue weighted by Crippen LogP contribution is -2.23. The van der Waals surface area contributed by atoms with Gasteiger partial charge in [-0.2, -0.15) is 0 Å². The van der Waals surface area contributed by atoms with Gasteiger partial charge in [0.15, 0.2) is 5.75 Å². The molecule has 0 atom stereocenters. The van der Waals surface area contributed by atoms with E-state index in [9.17, 15) is 0 Å². The molecule has 2 aromatic rings. The molecule has 1 saturated carbocycles. The van der Waals surface area contributed by atoms with E-state index in [0.29, 0.717) is 17.7 Å². The number of nitrogens with one attached hydrogen (secondary N) is 1. The van der Waals surface area contributed by atoms with Crippen LogP contribution >= 0.6 is 0 Å². The smallest absolute Gasteiger partial charge is 0.257 e. The summed E-state index contributed by atoms with van der Waals surface area (Å²) in [7, 11) is 3.27. The highest BCUT2D eigenvalue weighted by Crippen LogP contribution is 2.38. The van der Waals surface area contributed by atoms with E-state index < -0.39 is 0 Å². The number of anilines is 1. The Labute approximate surface area is 142 Å². The van der Waals surface area contributed by atoms with E-state index >= 15 is 0 Å². The first kappa shape index (κ1) is 15.5. The van der Waals surface area contributed by atoms with E-state index in [1.807, 2.05) is 6.07 Å². The molecule has 0 spiro atoms. The zero-order chi connectivity index (χ0) is 16.5. The van der Waals surface area contributed by atoms with Gasteiger partial charge in [-0.05, 0) is 37.7 Å². The maximum atomic E-state index is 5.42. The Morgan fingerprint density at radius 3 is 2.58 bits per heavy atom. The normalized spacial score (nSPS) is 17.8. The molecule has 0 bridgehead atoms. The molecule has 0 saturated heterocycles. The molecule has 5 heteroatoms. The van der Waals surface area contributed by atoms with Gasteiger partial charge < -0.3 is 14.8 Å². The average molecular weight is 327 g/mol. The van der Waals surface area contributed by atoms with Gasteiger partial charge in [0.2, 0.25) is 0 Å².